The fraction of sp³-hybridized carbons (Fsp3) is 0.684. The van der Waals surface area contributed by atoms with Gasteiger partial charge in [0.05, 0.1) is 6.42 Å². The van der Waals surface area contributed by atoms with Crippen LogP contribution < -0.4 is 22.1 Å². The van der Waals surface area contributed by atoms with Crippen LogP contribution in [0.2, 0.25) is 0 Å². The molecule has 33 heavy (non-hydrogen) atoms. The molecular weight excluding hydrogens is 444 g/mol. The van der Waals surface area contributed by atoms with Gasteiger partial charge in [-0.1, -0.05) is 0 Å². The zero-order chi connectivity index (χ0) is 26.6. The van der Waals surface area contributed by atoms with Crippen LogP contribution in [0.25, 0.3) is 0 Å². The fourth-order valence-electron chi connectivity index (χ4n) is 1.84. The number of amides is 4. The highest BCUT2D eigenvalue weighted by Crippen LogP contribution is 2.08. The van der Waals surface area contributed by atoms with Crippen molar-refractivity contribution >= 4 is 35.9 Å². The first kappa shape index (κ1) is 31.6. The molecule has 14 nitrogen and oxygen atoms in total. The predicted octanol–water partition coefficient (Wildman–Crippen LogP) is 0.0695. The van der Waals surface area contributed by atoms with Gasteiger partial charge in [0.25, 0.3) is 0 Å². The Morgan fingerprint density at radius 3 is 1.36 bits per heavy atom. The van der Waals surface area contributed by atoms with Crippen molar-refractivity contribution in [2.75, 3.05) is 0 Å². The number of rotatable bonds is 9. The Labute approximate surface area is 191 Å². The number of carboxylic acid groups (broad SMARTS) is 2. The maximum absolute atomic E-state index is 11.3. The molecule has 0 saturated carbocycles. The number of nitrogens with two attached hydrogens (primary N) is 2. The molecule has 0 aliphatic heterocycles. The zero-order valence-electron chi connectivity index (χ0n) is 19.6. The molecule has 0 aromatic carbocycles. The second kappa shape index (κ2) is 13.8. The summed E-state index contributed by atoms with van der Waals surface area (Å²) in [6.07, 6.45) is -2.40. The zero-order valence-corrected chi connectivity index (χ0v) is 19.6. The fourth-order valence-corrected chi connectivity index (χ4v) is 1.84. The molecule has 0 radical (unpaired) electrons. The van der Waals surface area contributed by atoms with Crippen molar-refractivity contribution in [3.8, 4) is 0 Å². The van der Waals surface area contributed by atoms with Crippen LogP contribution in [0.1, 0.15) is 60.8 Å². The van der Waals surface area contributed by atoms with Crippen molar-refractivity contribution in [3.63, 3.8) is 0 Å². The van der Waals surface area contributed by atoms with E-state index in [1.54, 1.807) is 41.5 Å². The van der Waals surface area contributed by atoms with Crippen molar-refractivity contribution in [2.45, 2.75) is 84.1 Å². The van der Waals surface area contributed by atoms with Gasteiger partial charge in [-0.3, -0.25) is 9.59 Å². The number of ether oxygens (including phenoxy) is 2. The summed E-state index contributed by atoms with van der Waals surface area (Å²) in [5.74, 6) is -4.02. The van der Waals surface area contributed by atoms with Crippen LogP contribution in [0.4, 0.5) is 9.59 Å². The Kier molecular flexibility index (Phi) is 13.2. The predicted molar refractivity (Wildman–Crippen MR) is 114 cm³/mol. The quantitative estimate of drug-likeness (QED) is 0.260. The van der Waals surface area contributed by atoms with Gasteiger partial charge >= 0.3 is 24.1 Å². The molecule has 190 valence electrons. The Morgan fingerprint density at radius 2 is 1.09 bits per heavy atom. The number of carbonyl (C=O) groups excluding carboxylic acids is 4. The van der Waals surface area contributed by atoms with E-state index < -0.39 is 65.6 Å². The summed E-state index contributed by atoms with van der Waals surface area (Å²) in [5.41, 5.74) is 8.29. The molecule has 8 N–H and O–H groups in total. The standard InChI is InChI=1S/C10H18N2O5.C9H16N2O5/c1-10(2,3)17-9(16)12-6(8(14)15)4-5-7(11)13;1-9(2,3)16-8(15)11-5(7(13)14)4-6(10)12/h6H,4-5H2,1-3H3,(H2,11,13)(H,12,16)(H,14,15);5H,4H2,1-3H3,(H2,10,12)(H,11,15)(H,13,14)/t6-;5-/m00/s1. The van der Waals surface area contributed by atoms with Crippen molar-refractivity contribution in [1.29, 1.82) is 0 Å². The van der Waals surface area contributed by atoms with Crippen LogP contribution in [0.5, 0.6) is 0 Å². The molecule has 4 amide bonds. The van der Waals surface area contributed by atoms with E-state index in [-0.39, 0.29) is 12.8 Å². The summed E-state index contributed by atoms with van der Waals surface area (Å²) in [4.78, 5) is 65.0. The first-order valence-electron chi connectivity index (χ1n) is 9.74. The van der Waals surface area contributed by atoms with Crippen LogP contribution >= 0.6 is 0 Å². The maximum atomic E-state index is 11.3. The first-order chi connectivity index (χ1) is 14.7. The number of primary amides is 2. The lowest BCUT2D eigenvalue weighted by Gasteiger charge is -2.21. The third-order valence-electron chi connectivity index (χ3n) is 3.06. The van der Waals surface area contributed by atoms with E-state index in [1.807, 2.05) is 5.32 Å². The third kappa shape index (κ3) is 20.1. The maximum Gasteiger partial charge on any atom is 0.408 e. The molecule has 0 fully saturated rings. The van der Waals surface area contributed by atoms with Crippen molar-refractivity contribution < 1.29 is 48.5 Å². The van der Waals surface area contributed by atoms with Crippen LogP contribution in [0.15, 0.2) is 0 Å². The molecule has 0 spiro atoms. The van der Waals surface area contributed by atoms with Crippen molar-refractivity contribution in [3.05, 3.63) is 0 Å². The number of hydrogen-bond donors (Lipinski definition) is 6. The molecule has 0 aliphatic carbocycles. The summed E-state index contributed by atoms with van der Waals surface area (Å²) in [7, 11) is 0. The monoisotopic (exact) mass is 478 g/mol. The van der Waals surface area contributed by atoms with E-state index >= 15 is 0 Å². The molecule has 0 aromatic heterocycles. The van der Waals surface area contributed by atoms with Gasteiger partial charge in [-0.2, -0.15) is 0 Å². The molecule has 0 bridgehead atoms. The van der Waals surface area contributed by atoms with Crippen LogP contribution in [0, 0.1) is 0 Å². The van der Waals surface area contributed by atoms with Gasteiger partial charge in [-0.05, 0) is 48.0 Å². The van der Waals surface area contributed by atoms with E-state index in [9.17, 15) is 28.8 Å². The summed E-state index contributed by atoms with van der Waals surface area (Å²) in [5, 5.41) is 21.7. The molecular formula is C19H34N4O10. The summed E-state index contributed by atoms with van der Waals surface area (Å²) in [6, 6.07) is -2.55. The van der Waals surface area contributed by atoms with E-state index in [1.165, 1.54) is 0 Å². The minimum absolute atomic E-state index is 0.0656. The average Bonchev–Trinajstić information content (AvgIpc) is 2.54. The second-order valence-electron chi connectivity index (χ2n) is 8.75. The minimum Gasteiger partial charge on any atom is -0.480 e. The van der Waals surface area contributed by atoms with Gasteiger partial charge in [0, 0.05) is 6.42 Å². The summed E-state index contributed by atoms with van der Waals surface area (Å²) < 4.78 is 9.73. The number of carboxylic acids is 2. The number of nitrogens with one attached hydrogen (secondary N) is 2. The van der Waals surface area contributed by atoms with Crippen molar-refractivity contribution in [2.24, 2.45) is 11.5 Å². The Morgan fingerprint density at radius 1 is 0.727 bits per heavy atom. The SMILES string of the molecule is CC(C)(C)OC(=O)N[C@@H](CC(N)=O)C(=O)O.CC(C)(C)OC(=O)N[C@@H](CCC(N)=O)C(=O)O. The molecule has 2 atom stereocenters. The highest BCUT2D eigenvalue weighted by Gasteiger charge is 2.25. The number of hydrogen-bond acceptors (Lipinski definition) is 8. The van der Waals surface area contributed by atoms with Crippen LogP contribution in [-0.4, -0.2) is 69.4 Å². The van der Waals surface area contributed by atoms with E-state index in [2.05, 4.69) is 5.32 Å². The van der Waals surface area contributed by atoms with Gasteiger partial charge in [-0.25, -0.2) is 19.2 Å². The van der Waals surface area contributed by atoms with Gasteiger partial charge < -0.3 is 41.8 Å². The summed E-state index contributed by atoms with van der Waals surface area (Å²) in [6.45, 7) is 9.88. The molecule has 0 saturated heterocycles. The smallest absolute Gasteiger partial charge is 0.408 e. The topological polar surface area (TPSA) is 237 Å². The highest BCUT2D eigenvalue weighted by molar-refractivity contribution is 5.86. The Bertz CT molecular complexity index is 725. The number of aliphatic carboxylic acids is 2. The second-order valence-corrected chi connectivity index (χ2v) is 8.75. The van der Waals surface area contributed by atoms with Gasteiger partial charge in [0.1, 0.15) is 23.3 Å². The number of carbonyl (C=O) groups is 6. The molecule has 14 heteroatoms. The minimum atomic E-state index is -1.37. The van der Waals surface area contributed by atoms with E-state index in [0.29, 0.717) is 0 Å². The highest BCUT2D eigenvalue weighted by atomic mass is 16.6. The first-order valence-corrected chi connectivity index (χ1v) is 9.74. The lowest BCUT2D eigenvalue weighted by Crippen LogP contribution is -2.45. The largest absolute Gasteiger partial charge is 0.480 e. The number of alkyl carbamates (subject to hydrolysis) is 2. The lowest BCUT2D eigenvalue weighted by molar-refractivity contribution is -0.141. The normalized spacial score (nSPS) is 12.7. The average molecular weight is 478 g/mol. The molecule has 0 rings (SSSR count). The summed E-state index contributed by atoms with van der Waals surface area (Å²) >= 11 is 0. The van der Waals surface area contributed by atoms with Crippen LogP contribution in [-0.2, 0) is 28.7 Å². The molecule has 0 unspecified atom stereocenters. The van der Waals surface area contributed by atoms with Gasteiger partial charge in [-0.15, -0.1) is 0 Å². The van der Waals surface area contributed by atoms with E-state index in [0.717, 1.165) is 0 Å². The van der Waals surface area contributed by atoms with Gasteiger partial charge in [0.2, 0.25) is 11.8 Å². The molecule has 0 heterocycles. The Hall–Kier alpha value is -3.58. The molecule has 0 aliphatic rings. The van der Waals surface area contributed by atoms with Crippen molar-refractivity contribution in [1.82, 2.24) is 10.6 Å². The van der Waals surface area contributed by atoms with Crippen LogP contribution in [0.3, 0.4) is 0 Å². The molecule has 0 aromatic rings. The lowest BCUT2D eigenvalue weighted by atomic mass is 10.1. The van der Waals surface area contributed by atoms with E-state index in [4.69, 9.17) is 31.2 Å². The van der Waals surface area contributed by atoms with Gasteiger partial charge in [0.15, 0.2) is 0 Å². The Balaban J connectivity index is 0. The third-order valence-corrected chi connectivity index (χ3v) is 3.06.